The maximum Gasteiger partial charge on any atom is 0.356 e. The van der Waals surface area contributed by atoms with Crippen LogP contribution in [0.4, 0.5) is 5.69 Å². The van der Waals surface area contributed by atoms with Crippen LogP contribution in [-0.4, -0.2) is 34.2 Å². The first-order valence-corrected chi connectivity index (χ1v) is 7.48. The third kappa shape index (κ3) is 2.29. The van der Waals surface area contributed by atoms with Crippen LogP contribution in [0.3, 0.4) is 0 Å². The predicted octanol–water partition coefficient (Wildman–Crippen LogP) is 2.94. The number of ether oxygens (including phenoxy) is 1. The maximum atomic E-state index is 12.6. The van der Waals surface area contributed by atoms with Crippen LogP contribution in [0, 0.1) is 0 Å². The first-order valence-electron chi connectivity index (χ1n) is 5.86. The van der Waals surface area contributed by atoms with Gasteiger partial charge in [0.1, 0.15) is 5.76 Å². The van der Waals surface area contributed by atoms with Crippen LogP contribution in [0.5, 0.6) is 0 Å². The minimum absolute atomic E-state index is 0.507. The molecule has 5 nitrogen and oxygen atoms in total. The minimum atomic E-state index is -3.25. The summed E-state index contributed by atoms with van der Waals surface area (Å²) in [7, 11) is 2.98. The van der Waals surface area contributed by atoms with Gasteiger partial charge in [0.2, 0.25) is 0 Å². The van der Waals surface area contributed by atoms with E-state index >= 15 is 0 Å². The van der Waals surface area contributed by atoms with E-state index < -0.39 is 13.4 Å². The molecule has 0 saturated carbocycles. The number of rotatable bonds is 4. The van der Waals surface area contributed by atoms with E-state index in [0.717, 1.165) is 11.3 Å². The monoisotopic (exact) mass is 283 g/mol. The molecule has 104 valence electrons. The largest absolute Gasteiger partial charge is 0.496 e. The molecule has 1 heterocycles. The van der Waals surface area contributed by atoms with Crippen molar-refractivity contribution in [2.45, 2.75) is 5.78 Å². The molecule has 1 aromatic rings. The van der Waals surface area contributed by atoms with E-state index in [-0.39, 0.29) is 0 Å². The van der Waals surface area contributed by atoms with Gasteiger partial charge in [-0.3, -0.25) is 4.57 Å². The molecule has 0 N–H and O–H groups in total. The zero-order valence-electron chi connectivity index (χ0n) is 11.5. The minimum Gasteiger partial charge on any atom is -0.496 e. The molecule has 19 heavy (non-hydrogen) atoms. The van der Waals surface area contributed by atoms with Gasteiger partial charge in [0.05, 0.1) is 7.11 Å². The van der Waals surface area contributed by atoms with E-state index in [1.165, 1.54) is 14.2 Å². The van der Waals surface area contributed by atoms with Crippen molar-refractivity contribution in [3.05, 3.63) is 35.9 Å². The van der Waals surface area contributed by atoms with Crippen LogP contribution in [0.2, 0.25) is 0 Å². The van der Waals surface area contributed by atoms with Crippen LogP contribution < -0.4 is 4.90 Å². The number of anilines is 1. The Labute approximate surface area is 113 Å². The second kappa shape index (κ2) is 5.37. The molecule has 6 heteroatoms. The number of likely N-dealkylation sites (N-methyl/N-ethyl adjacent to an activating group) is 1. The van der Waals surface area contributed by atoms with Gasteiger partial charge in [-0.25, -0.2) is 0 Å². The Morgan fingerprint density at radius 2 is 1.79 bits per heavy atom. The number of hydrogen-bond donors (Lipinski definition) is 0. The summed E-state index contributed by atoms with van der Waals surface area (Å²) >= 11 is 0. The SMILES string of the molecule is COC1=CC(P(=O)(OC)OC)N(C)c2ccccc21. The first kappa shape index (κ1) is 14.1. The molecule has 0 aromatic heterocycles. The predicted molar refractivity (Wildman–Crippen MR) is 75.2 cm³/mol. The van der Waals surface area contributed by atoms with Crippen LogP contribution in [-0.2, 0) is 18.3 Å². The molecule has 0 aliphatic carbocycles. The molecule has 0 fully saturated rings. The molecule has 0 spiro atoms. The molecule has 1 atom stereocenters. The smallest absolute Gasteiger partial charge is 0.356 e. The Kier molecular flexibility index (Phi) is 3.99. The average molecular weight is 283 g/mol. The van der Waals surface area contributed by atoms with Crippen molar-refractivity contribution in [2.24, 2.45) is 0 Å². The summed E-state index contributed by atoms with van der Waals surface area (Å²) in [5.41, 5.74) is 1.89. The van der Waals surface area contributed by atoms with Gasteiger partial charge in [0.15, 0.2) is 5.78 Å². The Morgan fingerprint density at radius 1 is 1.16 bits per heavy atom. The van der Waals surface area contributed by atoms with E-state index in [1.54, 1.807) is 13.2 Å². The number of fused-ring (bicyclic) bond motifs is 1. The molecular formula is C13H18NO4P. The highest BCUT2D eigenvalue weighted by molar-refractivity contribution is 7.55. The Balaban J connectivity index is 2.54. The summed E-state index contributed by atoms with van der Waals surface area (Å²) in [4.78, 5) is 1.88. The van der Waals surface area contributed by atoms with Crippen LogP contribution in [0.25, 0.3) is 5.76 Å². The lowest BCUT2D eigenvalue weighted by atomic mass is 10.1. The molecule has 0 radical (unpaired) electrons. The van der Waals surface area contributed by atoms with Gasteiger partial charge in [-0.15, -0.1) is 0 Å². The fourth-order valence-corrected chi connectivity index (χ4v) is 3.69. The van der Waals surface area contributed by atoms with Gasteiger partial charge in [-0.2, -0.15) is 0 Å². The standard InChI is InChI=1S/C13H18NO4P/c1-14-11-8-6-5-7-10(11)12(16-2)9-13(14)19(15,17-3)18-4/h5-9,13H,1-4H3. The highest BCUT2D eigenvalue weighted by atomic mass is 31.2. The van der Waals surface area contributed by atoms with Crippen molar-refractivity contribution in [1.82, 2.24) is 0 Å². The maximum absolute atomic E-state index is 12.6. The van der Waals surface area contributed by atoms with Gasteiger partial charge >= 0.3 is 7.60 Å². The topological polar surface area (TPSA) is 48.0 Å². The second-order valence-electron chi connectivity index (χ2n) is 4.18. The lowest BCUT2D eigenvalue weighted by Crippen LogP contribution is -2.34. The van der Waals surface area contributed by atoms with Crippen LogP contribution >= 0.6 is 7.60 Å². The average Bonchev–Trinajstić information content (AvgIpc) is 2.47. The molecule has 2 rings (SSSR count). The molecule has 1 aliphatic heterocycles. The van der Waals surface area contributed by atoms with Crippen LogP contribution in [0.1, 0.15) is 5.56 Å². The molecule has 0 saturated heterocycles. The van der Waals surface area contributed by atoms with Crippen molar-refractivity contribution in [3.8, 4) is 0 Å². The lowest BCUT2D eigenvalue weighted by molar-refractivity contribution is 0.269. The van der Waals surface area contributed by atoms with Gasteiger partial charge in [0, 0.05) is 32.5 Å². The summed E-state index contributed by atoms with van der Waals surface area (Å²) in [6, 6.07) is 7.77. The van der Waals surface area contributed by atoms with E-state index in [4.69, 9.17) is 13.8 Å². The lowest BCUT2D eigenvalue weighted by Gasteiger charge is -2.36. The number of nitrogens with zero attached hydrogens (tertiary/aromatic N) is 1. The number of benzene rings is 1. The second-order valence-corrected chi connectivity index (χ2v) is 6.52. The fourth-order valence-electron chi connectivity index (χ4n) is 2.24. The third-order valence-electron chi connectivity index (χ3n) is 3.30. The zero-order chi connectivity index (χ0) is 14.0. The van der Waals surface area contributed by atoms with Crippen molar-refractivity contribution in [3.63, 3.8) is 0 Å². The molecule has 0 amide bonds. The molecule has 1 unspecified atom stereocenters. The first-order chi connectivity index (χ1) is 9.07. The molecule has 1 aliphatic rings. The highest BCUT2D eigenvalue weighted by Gasteiger charge is 2.39. The van der Waals surface area contributed by atoms with Crippen molar-refractivity contribution >= 4 is 19.0 Å². The van der Waals surface area contributed by atoms with E-state index in [2.05, 4.69) is 0 Å². The van der Waals surface area contributed by atoms with Gasteiger partial charge in [-0.05, 0) is 18.2 Å². The van der Waals surface area contributed by atoms with Crippen molar-refractivity contribution < 1.29 is 18.3 Å². The number of para-hydroxylation sites is 1. The van der Waals surface area contributed by atoms with Gasteiger partial charge < -0.3 is 18.7 Å². The van der Waals surface area contributed by atoms with E-state index in [1.807, 2.05) is 36.2 Å². The number of hydrogen-bond acceptors (Lipinski definition) is 5. The Hall–Kier alpha value is -1.29. The van der Waals surface area contributed by atoms with Crippen LogP contribution in [0.15, 0.2) is 30.3 Å². The Bertz CT molecular complexity index is 535. The summed E-state index contributed by atoms with van der Waals surface area (Å²) in [5, 5.41) is 0. The number of methoxy groups -OCH3 is 1. The molecule has 1 aromatic carbocycles. The highest BCUT2D eigenvalue weighted by Crippen LogP contribution is 2.56. The summed E-state index contributed by atoms with van der Waals surface area (Å²) in [5.74, 6) is 0.167. The normalized spacial score (nSPS) is 18.8. The molecular weight excluding hydrogens is 265 g/mol. The van der Waals surface area contributed by atoms with E-state index in [0.29, 0.717) is 5.76 Å². The van der Waals surface area contributed by atoms with Crippen molar-refractivity contribution in [2.75, 3.05) is 33.3 Å². The Morgan fingerprint density at radius 3 is 2.37 bits per heavy atom. The summed E-state index contributed by atoms with van der Waals surface area (Å²) < 4.78 is 28.2. The molecule has 0 bridgehead atoms. The van der Waals surface area contributed by atoms with E-state index in [9.17, 15) is 4.57 Å². The third-order valence-corrected chi connectivity index (χ3v) is 5.46. The van der Waals surface area contributed by atoms with Gasteiger partial charge in [-0.1, -0.05) is 12.1 Å². The summed E-state index contributed by atoms with van der Waals surface area (Å²) in [6.45, 7) is 0. The zero-order valence-corrected chi connectivity index (χ0v) is 12.4. The van der Waals surface area contributed by atoms with Gasteiger partial charge in [0.25, 0.3) is 0 Å². The quantitative estimate of drug-likeness (QED) is 0.795. The summed E-state index contributed by atoms with van der Waals surface area (Å²) in [6.07, 6.45) is 1.77. The fraction of sp³-hybridized carbons (Fsp3) is 0.385. The van der Waals surface area contributed by atoms with Crippen molar-refractivity contribution in [1.29, 1.82) is 0 Å².